The lowest BCUT2D eigenvalue weighted by Gasteiger charge is -2.23. The van der Waals surface area contributed by atoms with E-state index in [2.05, 4.69) is 10.6 Å². The molecule has 0 saturated heterocycles. The summed E-state index contributed by atoms with van der Waals surface area (Å²) in [4.78, 5) is 38.7. The summed E-state index contributed by atoms with van der Waals surface area (Å²) in [5, 5.41) is 15.4. The van der Waals surface area contributed by atoms with E-state index in [0.29, 0.717) is 5.56 Å². The fourth-order valence-electron chi connectivity index (χ4n) is 3.44. The van der Waals surface area contributed by atoms with Crippen molar-refractivity contribution in [1.29, 1.82) is 0 Å². The van der Waals surface area contributed by atoms with Crippen LogP contribution >= 0.6 is 0 Å². The quantitative estimate of drug-likeness (QED) is 0.368. The number of methoxy groups -OCH3 is 1. The highest BCUT2D eigenvalue weighted by Gasteiger charge is 2.30. The van der Waals surface area contributed by atoms with Gasteiger partial charge in [-0.05, 0) is 35.7 Å². The van der Waals surface area contributed by atoms with Crippen molar-refractivity contribution in [2.45, 2.75) is 25.6 Å². The van der Waals surface area contributed by atoms with Crippen molar-refractivity contribution in [3.05, 3.63) is 95.6 Å². The number of rotatable bonds is 10. The van der Waals surface area contributed by atoms with E-state index in [4.69, 9.17) is 14.2 Å². The summed E-state index contributed by atoms with van der Waals surface area (Å²) in [7, 11) is 1.40. The molecule has 0 unspecified atom stereocenters. The molecule has 3 aromatic carbocycles. The van der Waals surface area contributed by atoms with Crippen LogP contribution in [0.2, 0.25) is 0 Å². The molecule has 2 amide bonds. The number of aromatic hydroxyl groups is 1. The minimum Gasteiger partial charge on any atom is -0.504 e. The van der Waals surface area contributed by atoms with Crippen molar-refractivity contribution in [2.24, 2.45) is 0 Å². The van der Waals surface area contributed by atoms with Gasteiger partial charge in [0.1, 0.15) is 12.6 Å². The Morgan fingerprint density at radius 2 is 1.50 bits per heavy atom. The van der Waals surface area contributed by atoms with Gasteiger partial charge in [-0.2, -0.15) is 0 Å². The molecule has 0 bridgehead atoms. The molecular formula is C27H28N2O7. The Labute approximate surface area is 209 Å². The highest BCUT2D eigenvalue weighted by Crippen LogP contribution is 2.30. The molecule has 9 heteroatoms. The Morgan fingerprint density at radius 1 is 0.833 bits per heavy atom. The van der Waals surface area contributed by atoms with E-state index in [0.717, 1.165) is 5.56 Å². The summed E-state index contributed by atoms with van der Waals surface area (Å²) in [6.45, 7) is 1.74. The van der Waals surface area contributed by atoms with Gasteiger partial charge in [0, 0.05) is 0 Å². The van der Waals surface area contributed by atoms with Gasteiger partial charge in [-0.3, -0.25) is 4.79 Å². The van der Waals surface area contributed by atoms with Gasteiger partial charge >= 0.3 is 12.1 Å². The molecule has 2 atom stereocenters. The van der Waals surface area contributed by atoms with Crippen molar-refractivity contribution < 1.29 is 33.7 Å². The van der Waals surface area contributed by atoms with Crippen LogP contribution in [-0.2, 0) is 25.7 Å². The Balaban J connectivity index is 1.82. The molecule has 3 aromatic rings. The number of carbonyl (C=O) groups excluding carboxylic acids is 3. The number of benzene rings is 3. The predicted octanol–water partition coefficient (Wildman–Crippen LogP) is 3.79. The van der Waals surface area contributed by atoms with Gasteiger partial charge in [-0.25, -0.2) is 9.59 Å². The number of phenols is 1. The van der Waals surface area contributed by atoms with Gasteiger partial charge in [-0.1, -0.05) is 66.7 Å². The zero-order valence-electron chi connectivity index (χ0n) is 20.0. The zero-order valence-corrected chi connectivity index (χ0v) is 20.0. The lowest BCUT2D eigenvalue weighted by Crippen LogP contribution is -2.44. The second-order valence-corrected chi connectivity index (χ2v) is 7.67. The smallest absolute Gasteiger partial charge is 0.408 e. The zero-order chi connectivity index (χ0) is 25.9. The van der Waals surface area contributed by atoms with Crippen molar-refractivity contribution in [2.75, 3.05) is 13.7 Å². The van der Waals surface area contributed by atoms with Gasteiger partial charge < -0.3 is 30.0 Å². The van der Waals surface area contributed by atoms with Gasteiger partial charge in [0.05, 0.1) is 13.7 Å². The summed E-state index contributed by atoms with van der Waals surface area (Å²) in [5.74, 6) is -1.40. The van der Waals surface area contributed by atoms with Crippen LogP contribution in [-0.4, -0.2) is 36.8 Å². The molecule has 0 spiro atoms. The van der Waals surface area contributed by atoms with E-state index in [1.54, 1.807) is 37.3 Å². The number of hydrogen-bond donors (Lipinski definition) is 3. The van der Waals surface area contributed by atoms with Gasteiger partial charge in [0.15, 0.2) is 17.5 Å². The molecule has 0 aliphatic rings. The predicted molar refractivity (Wildman–Crippen MR) is 131 cm³/mol. The number of carbonyl (C=O) groups is 3. The number of hydrogen-bond acceptors (Lipinski definition) is 7. The molecule has 36 heavy (non-hydrogen) atoms. The summed E-state index contributed by atoms with van der Waals surface area (Å²) in [6.07, 6.45) is -0.808. The molecule has 0 heterocycles. The maximum Gasteiger partial charge on any atom is 0.408 e. The van der Waals surface area contributed by atoms with Crippen LogP contribution in [0.5, 0.6) is 11.5 Å². The molecule has 3 rings (SSSR count). The number of phenolic OH excluding ortho intramolecular Hbond substituents is 1. The maximum absolute atomic E-state index is 13.4. The first-order valence-electron chi connectivity index (χ1n) is 11.3. The second-order valence-electron chi connectivity index (χ2n) is 7.67. The molecule has 0 radical (unpaired) electrons. The lowest BCUT2D eigenvalue weighted by atomic mass is 10.0. The van der Waals surface area contributed by atoms with Crippen LogP contribution in [0, 0.1) is 0 Å². The molecule has 3 N–H and O–H groups in total. The van der Waals surface area contributed by atoms with Crippen LogP contribution in [0.15, 0.2) is 78.9 Å². The fourth-order valence-corrected chi connectivity index (χ4v) is 3.44. The summed E-state index contributed by atoms with van der Waals surface area (Å²) in [5.41, 5.74) is 1.54. The lowest BCUT2D eigenvalue weighted by molar-refractivity contribution is -0.147. The monoisotopic (exact) mass is 492 g/mol. The molecule has 188 valence electrons. The van der Waals surface area contributed by atoms with Gasteiger partial charge in [-0.15, -0.1) is 0 Å². The molecule has 0 saturated carbocycles. The summed E-state index contributed by atoms with van der Waals surface area (Å²) >= 11 is 0. The van der Waals surface area contributed by atoms with Crippen LogP contribution in [0.3, 0.4) is 0 Å². The summed E-state index contributed by atoms with van der Waals surface area (Å²) in [6, 6.07) is 19.5. The second kappa shape index (κ2) is 12.8. The Morgan fingerprint density at radius 3 is 2.11 bits per heavy atom. The van der Waals surface area contributed by atoms with E-state index < -0.39 is 30.1 Å². The first-order chi connectivity index (χ1) is 17.4. The molecule has 9 nitrogen and oxygen atoms in total. The number of nitrogens with one attached hydrogen (secondary N) is 2. The third-order valence-corrected chi connectivity index (χ3v) is 5.22. The van der Waals surface area contributed by atoms with E-state index in [1.165, 1.54) is 25.3 Å². The van der Waals surface area contributed by atoms with Gasteiger partial charge in [0.2, 0.25) is 5.91 Å². The average molecular weight is 493 g/mol. The highest BCUT2D eigenvalue weighted by atomic mass is 16.5. The molecule has 0 fully saturated rings. The minimum absolute atomic E-state index is 0.0202. The number of esters is 1. The van der Waals surface area contributed by atoms with Crippen LogP contribution in [0.1, 0.15) is 35.7 Å². The van der Waals surface area contributed by atoms with Crippen LogP contribution in [0.4, 0.5) is 4.79 Å². The maximum atomic E-state index is 13.4. The Hall–Kier alpha value is -4.53. The van der Waals surface area contributed by atoms with Crippen molar-refractivity contribution >= 4 is 18.0 Å². The first-order valence-corrected chi connectivity index (χ1v) is 11.3. The van der Waals surface area contributed by atoms with Crippen LogP contribution < -0.4 is 15.4 Å². The van der Waals surface area contributed by atoms with E-state index in [9.17, 15) is 19.5 Å². The third-order valence-electron chi connectivity index (χ3n) is 5.22. The number of alkyl carbamates (subject to hydrolysis) is 1. The molecule has 0 aromatic heterocycles. The Bertz CT molecular complexity index is 1170. The topological polar surface area (TPSA) is 123 Å². The molecule has 0 aliphatic carbocycles. The molecular weight excluding hydrogens is 464 g/mol. The molecule has 0 aliphatic heterocycles. The Kier molecular flexibility index (Phi) is 9.27. The van der Waals surface area contributed by atoms with E-state index in [-0.39, 0.29) is 30.3 Å². The first kappa shape index (κ1) is 26.1. The van der Waals surface area contributed by atoms with Crippen LogP contribution in [0.25, 0.3) is 0 Å². The van der Waals surface area contributed by atoms with E-state index in [1.807, 2.05) is 30.3 Å². The SMILES string of the molecule is CCOC(=O)[C@H](NC(=O)[C@@H](NC(=O)OCc1ccccc1)c1ccccc1)c1ccc(OC)c(O)c1. The summed E-state index contributed by atoms with van der Waals surface area (Å²) < 4.78 is 15.5. The standard InChI is InChI=1S/C27H28N2O7/c1-3-35-26(32)24(20-14-15-22(34-2)21(30)16-20)28-25(31)23(19-12-8-5-9-13-19)29-27(33)36-17-18-10-6-4-7-11-18/h4-16,23-24,30H,3,17H2,1-2H3,(H,28,31)(H,29,33)/t23-,24+/m0/s1. The average Bonchev–Trinajstić information content (AvgIpc) is 2.90. The highest BCUT2D eigenvalue weighted by molar-refractivity contribution is 5.91. The van der Waals surface area contributed by atoms with Crippen molar-refractivity contribution in [1.82, 2.24) is 10.6 Å². The number of amides is 2. The minimum atomic E-state index is -1.25. The van der Waals surface area contributed by atoms with Crippen molar-refractivity contribution in [3.63, 3.8) is 0 Å². The van der Waals surface area contributed by atoms with Crippen molar-refractivity contribution in [3.8, 4) is 11.5 Å². The van der Waals surface area contributed by atoms with E-state index >= 15 is 0 Å². The van der Waals surface area contributed by atoms with Gasteiger partial charge in [0.25, 0.3) is 0 Å². The number of ether oxygens (including phenoxy) is 3. The normalized spacial score (nSPS) is 12.1. The third kappa shape index (κ3) is 6.99. The fraction of sp³-hybridized carbons (Fsp3) is 0.222. The largest absolute Gasteiger partial charge is 0.504 e.